The number of benzene rings is 1. The fourth-order valence-electron chi connectivity index (χ4n) is 4.15. The van der Waals surface area contributed by atoms with E-state index in [0.29, 0.717) is 22.0 Å². The van der Waals surface area contributed by atoms with Crippen LogP contribution in [0.3, 0.4) is 0 Å². The van der Waals surface area contributed by atoms with E-state index in [4.69, 9.17) is 9.47 Å². The minimum atomic E-state index is -1.35. The molecule has 158 valence electrons. The summed E-state index contributed by atoms with van der Waals surface area (Å²) in [4.78, 5) is 39.5. The van der Waals surface area contributed by atoms with Crippen LogP contribution in [0.1, 0.15) is 63.9 Å². The molecule has 7 heteroatoms. The van der Waals surface area contributed by atoms with Crippen LogP contribution in [0.15, 0.2) is 24.3 Å². The van der Waals surface area contributed by atoms with Crippen molar-refractivity contribution in [2.45, 2.75) is 52.1 Å². The molecule has 1 aromatic carbocycles. The van der Waals surface area contributed by atoms with E-state index in [1.165, 1.54) is 11.3 Å². The molecule has 1 aromatic heterocycles. The maximum Gasteiger partial charge on any atom is 0.341 e. The smallest absolute Gasteiger partial charge is 0.341 e. The van der Waals surface area contributed by atoms with E-state index in [1.54, 1.807) is 26.0 Å². The van der Waals surface area contributed by atoms with Gasteiger partial charge in [0.2, 0.25) is 0 Å². The Bertz CT molecular complexity index is 1030. The van der Waals surface area contributed by atoms with Crippen molar-refractivity contribution in [3.8, 4) is 0 Å². The Hall–Kier alpha value is -2.67. The number of fused-ring (bicyclic) bond motifs is 2. The van der Waals surface area contributed by atoms with Crippen LogP contribution >= 0.6 is 11.3 Å². The third-order valence-corrected chi connectivity index (χ3v) is 6.95. The molecule has 1 N–H and O–H groups in total. The number of cyclic esters (lactones) is 1. The van der Waals surface area contributed by atoms with Crippen LogP contribution in [0.4, 0.5) is 5.00 Å². The lowest BCUT2D eigenvalue weighted by Gasteiger charge is -2.32. The van der Waals surface area contributed by atoms with Crippen molar-refractivity contribution in [2.75, 3.05) is 11.9 Å². The van der Waals surface area contributed by atoms with Crippen LogP contribution in [0.25, 0.3) is 0 Å². The van der Waals surface area contributed by atoms with Gasteiger partial charge in [0.05, 0.1) is 17.7 Å². The second kappa shape index (κ2) is 7.87. The van der Waals surface area contributed by atoms with Crippen molar-refractivity contribution >= 4 is 34.2 Å². The van der Waals surface area contributed by atoms with Gasteiger partial charge in [-0.05, 0) is 56.2 Å². The SMILES string of the molecule is CCOC(=O)c1c(NC(=O)C2(C)Cc3ccccc3C(=O)O2)sc2c1CCC(C)C2. The lowest BCUT2D eigenvalue weighted by molar-refractivity contribution is -0.134. The van der Waals surface area contributed by atoms with Gasteiger partial charge in [0.25, 0.3) is 5.91 Å². The number of hydrogen-bond donors (Lipinski definition) is 1. The maximum atomic E-state index is 13.2. The third kappa shape index (κ3) is 3.62. The molecule has 0 saturated carbocycles. The monoisotopic (exact) mass is 427 g/mol. The largest absolute Gasteiger partial charge is 0.462 e. The van der Waals surface area contributed by atoms with Gasteiger partial charge < -0.3 is 14.8 Å². The summed E-state index contributed by atoms with van der Waals surface area (Å²) in [5, 5.41) is 3.37. The molecule has 0 saturated heterocycles. The number of rotatable bonds is 4. The second-order valence-corrected chi connectivity index (χ2v) is 9.29. The Balaban J connectivity index is 1.65. The predicted molar refractivity (Wildman–Crippen MR) is 114 cm³/mol. The Morgan fingerprint density at radius 1 is 1.33 bits per heavy atom. The fourth-order valence-corrected chi connectivity index (χ4v) is 5.55. The summed E-state index contributed by atoms with van der Waals surface area (Å²) >= 11 is 1.42. The molecule has 0 bridgehead atoms. The lowest BCUT2D eigenvalue weighted by atomic mass is 9.88. The third-order valence-electron chi connectivity index (χ3n) is 5.78. The van der Waals surface area contributed by atoms with Crippen molar-refractivity contribution in [3.05, 3.63) is 51.4 Å². The molecule has 2 unspecified atom stereocenters. The van der Waals surface area contributed by atoms with E-state index < -0.39 is 23.4 Å². The van der Waals surface area contributed by atoms with Crippen molar-refractivity contribution in [2.24, 2.45) is 5.92 Å². The summed E-state index contributed by atoms with van der Waals surface area (Å²) in [5.41, 5.74) is 1.33. The molecule has 4 rings (SSSR count). The molecular formula is C23H25NO5S. The molecule has 2 heterocycles. The van der Waals surface area contributed by atoms with Gasteiger partial charge in [0.1, 0.15) is 5.00 Å². The minimum Gasteiger partial charge on any atom is -0.462 e. The molecular weight excluding hydrogens is 402 g/mol. The summed E-state index contributed by atoms with van der Waals surface area (Å²) in [6, 6.07) is 7.13. The molecule has 0 spiro atoms. The van der Waals surface area contributed by atoms with Crippen molar-refractivity contribution in [1.29, 1.82) is 0 Å². The Morgan fingerprint density at radius 2 is 2.10 bits per heavy atom. The molecule has 2 atom stereocenters. The highest BCUT2D eigenvalue weighted by atomic mass is 32.1. The summed E-state index contributed by atoms with van der Waals surface area (Å²) in [6.45, 7) is 5.82. The molecule has 6 nitrogen and oxygen atoms in total. The number of hydrogen-bond acceptors (Lipinski definition) is 6. The van der Waals surface area contributed by atoms with Gasteiger partial charge in [-0.15, -0.1) is 11.3 Å². The first kappa shape index (κ1) is 20.6. The van der Waals surface area contributed by atoms with Crippen LogP contribution in [0, 0.1) is 5.92 Å². The van der Waals surface area contributed by atoms with Crippen molar-refractivity contribution < 1.29 is 23.9 Å². The minimum absolute atomic E-state index is 0.263. The quantitative estimate of drug-likeness (QED) is 0.741. The van der Waals surface area contributed by atoms with E-state index in [2.05, 4.69) is 12.2 Å². The van der Waals surface area contributed by atoms with E-state index in [0.717, 1.165) is 35.3 Å². The Labute approximate surface area is 179 Å². The number of carbonyl (C=O) groups excluding carboxylic acids is 3. The standard InChI is InChI=1S/C23H25NO5S/c1-4-28-21(26)18-16-10-9-13(2)11-17(16)30-19(18)24-22(27)23(3)12-14-7-5-6-8-15(14)20(25)29-23/h5-8,13H,4,9-12H2,1-3H3,(H,24,27). The number of thiophene rings is 1. The first-order valence-corrected chi connectivity index (χ1v) is 11.1. The summed E-state index contributed by atoms with van der Waals surface area (Å²) in [5.74, 6) is -0.846. The van der Waals surface area contributed by atoms with E-state index in [-0.39, 0.29) is 13.0 Å². The molecule has 2 aliphatic rings. The normalized spacial score (nSPS) is 22.5. The first-order chi connectivity index (χ1) is 14.3. The molecule has 0 fully saturated rings. The predicted octanol–water partition coefficient (Wildman–Crippen LogP) is 4.16. The van der Waals surface area contributed by atoms with Gasteiger partial charge in [-0.3, -0.25) is 4.79 Å². The topological polar surface area (TPSA) is 81.7 Å². The van der Waals surface area contributed by atoms with Gasteiger partial charge in [-0.1, -0.05) is 25.1 Å². The molecule has 0 radical (unpaired) electrons. The zero-order chi connectivity index (χ0) is 21.5. The molecule has 30 heavy (non-hydrogen) atoms. The van der Waals surface area contributed by atoms with Crippen molar-refractivity contribution in [3.63, 3.8) is 0 Å². The van der Waals surface area contributed by atoms with Crippen LogP contribution < -0.4 is 5.32 Å². The second-order valence-electron chi connectivity index (χ2n) is 8.18. The summed E-state index contributed by atoms with van der Waals surface area (Å²) in [7, 11) is 0. The van der Waals surface area contributed by atoms with Crippen LogP contribution in [0.2, 0.25) is 0 Å². The first-order valence-electron chi connectivity index (χ1n) is 10.3. The average molecular weight is 428 g/mol. The number of esters is 2. The number of carbonyl (C=O) groups is 3. The Kier molecular flexibility index (Phi) is 5.40. The summed E-state index contributed by atoms with van der Waals surface area (Å²) in [6.07, 6.45) is 2.94. The van der Waals surface area contributed by atoms with Gasteiger partial charge in [0, 0.05) is 11.3 Å². The summed E-state index contributed by atoms with van der Waals surface area (Å²) < 4.78 is 10.8. The average Bonchev–Trinajstić information content (AvgIpc) is 3.05. The molecule has 1 aliphatic heterocycles. The molecule has 1 amide bonds. The Morgan fingerprint density at radius 3 is 2.87 bits per heavy atom. The van der Waals surface area contributed by atoms with E-state index >= 15 is 0 Å². The van der Waals surface area contributed by atoms with Gasteiger partial charge in [0.15, 0.2) is 5.60 Å². The maximum absolute atomic E-state index is 13.2. The van der Waals surface area contributed by atoms with Crippen LogP contribution in [0.5, 0.6) is 0 Å². The molecule has 1 aliphatic carbocycles. The van der Waals surface area contributed by atoms with Crippen LogP contribution in [-0.2, 0) is 33.5 Å². The van der Waals surface area contributed by atoms with Crippen molar-refractivity contribution in [1.82, 2.24) is 0 Å². The number of anilines is 1. The zero-order valence-electron chi connectivity index (χ0n) is 17.4. The number of ether oxygens (including phenoxy) is 2. The van der Waals surface area contributed by atoms with E-state index in [9.17, 15) is 14.4 Å². The number of nitrogens with one attached hydrogen (secondary N) is 1. The highest BCUT2D eigenvalue weighted by Gasteiger charge is 2.43. The van der Waals surface area contributed by atoms with Gasteiger partial charge in [-0.2, -0.15) is 0 Å². The van der Waals surface area contributed by atoms with Crippen LogP contribution in [-0.4, -0.2) is 30.1 Å². The van der Waals surface area contributed by atoms with Gasteiger partial charge in [-0.25, -0.2) is 9.59 Å². The highest BCUT2D eigenvalue weighted by molar-refractivity contribution is 7.17. The zero-order valence-corrected chi connectivity index (χ0v) is 18.2. The van der Waals surface area contributed by atoms with Gasteiger partial charge >= 0.3 is 11.9 Å². The lowest BCUT2D eigenvalue weighted by Crippen LogP contribution is -2.48. The number of amides is 1. The van der Waals surface area contributed by atoms with E-state index in [1.807, 2.05) is 12.1 Å². The molecule has 2 aromatic rings. The highest BCUT2D eigenvalue weighted by Crippen LogP contribution is 2.41. The fraction of sp³-hybridized carbons (Fsp3) is 0.435.